The van der Waals surface area contributed by atoms with Gasteiger partial charge in [-0.1, -0.05) is 24.3 Å². The number of likely N-dealkylation sites (tertiary alicyclic amines) is 1. The molecule has 166 valence electrons. The van der Waals surface area contributed by atoms with E-state index in [0.29, 0.717) is 36.2 Å². The predicted molar refractivity (Wildman–Crippen MR) is 121 cm³/mol. The van der Waals surface area contributed by atoms with Gasteiger partial charge < -0.3 is 15.4 Å². The molecule has 1 aliphatic heterocycles. The third-order valence-corrected chi connectivity index (χ3v) is 5.90. The van der Waals surface area contributed by atoms with Crippen molar-refractivity contribution >= 4 is 11.9 Å². The van der Waals surface area contributed by atoms with Crippen LogP contribution in [0.25, 0.3) is 11.1 Å². The van der Waals surface area contributed by atoms with Crippen LogP contribution in [0.1, 0.15) is 43.0 Å². The van der Waals surface area contributed by atoms with Crippen molar-refractivity contribution in [3.8, 4) is 16.9 Å². The molecule has 1 fully saturated rings. The van der Waals surface area contributed by atoms with Crippen LogP contribution in [0.4, 0.5) is 10.3 Å². The van der Waals surface area contributed by atoms with E-state index < -0.39 is 0 Å². The first-order chi connectivity index (χ1) is 15.5. The third kappa shape index (κ3) is 4.88. The number of aryl methyl sites for hydroxylation is 1. The van der Waals surface area contributed by atoms with E-state index in [0.717, 1.165) is 30.6 Å². The van der Waals surface area contributed by atoms with Gasteiger partial charge in [-0.05, 0) is 61.1 Å². The second kappa shape index (κ2) is 9.77. The number of halogens is 1. The van der Waals surface area contributed by atoms with Crippen molar-refractivity contribution in [1.82, 2.24) is 14.9 Å². The normalized spacial score (nSPS) is 16.1. The van der Waals surface area contributed by atoms with E-state index in [-0.39, 0.29) is 23.7 Å². The number of carbonyl (C=O) groups is 1. The summed E-state index contributed by atoms with van der Waals surface area (Å²) in [4.78, 5) is 23.8. The number of nitrogen functional groups attached to an aromatic ring is 1. The molecule has 0 aliphatic carbocycles. The van der Waals surface area contributed by atoms with Crippen molar-refractivity contribution in [3.05, 3.63) is 71.8 Å². The molecule has 1 atom stereocenters. The second-order valence-electron chi connectivity index (χ2n) is 7.98. The van der Waals surface area contributed by atoms with Gasteiger partial charge in [-0.3, -0.25) is 4.79 Å². The van der Waals surface area contributed by atoms with Crippen LogP contribution in [0.5, 0.6) is 5.75 Å². The average Bonchev–Trinajstić information content (AvgIpc) is 2.83. The van der Waals surface area contributed by atoms with Crippen molar-refractivity contribution in [1.29, 1.82) is 0 Å². The molecule has 1 aromatic heterocycles. The monoisotopic (exact) mass is 434 g/mol. The molecular weight excluding hydrogens is 407 g/mol. The Morgan fingerprint density at radius 3 is 2.78 bits per heavy atom. The highest BCUT2D eigenvalue weighted by molar-refractivity contribution is 5.78. The zero-order chi connectivity index (χ0) is 22.5. The number of hydrogen-bond acceptors (Lipinski definition) is 5. The van der Waals surface area contributed by atoms with Gasteiger partial charge in [-0.2, -0.15) is 0 Å². The predicted octanol–water partition coefficient (Wildman–Crippen LogP) is 4.56. The summed E-state index contributed by atoms with van der Waals surface area (Å²) in [6, 6.07) is 13.9. The number of rotatable bonds is 6. The number of hydrogen-bond donors (Lipinski definition) is 1. The SMILES string of the molecule is COc1ccc(CCC(=O)N2CCCC[C@H]2c2nc(N)ncc2-c2cccc(F)c2)cc1. The highest BCUT2D eigenvalue weighted by Gasteiger charge is 2.31. The lowest BCUT2D eigenvalue weighted by Crippen LogP contribution is -2.39. The molecule has 2 heterocycles. The highest BCUT2D eigenvalue weighted by Crippen LogP contribution is 2.36. The second-order valence-corrected chi connectivity index (χ2v) is 7.98. The van der Waals surface area contributed by atoms with Gasteiger partial charge in [0.1, 0.15) is 11.6 Å². The molecule has 1 saturated heterocycles. The number of aromatic nitrogens is 2. The number of anilines is 1. The van der Waals surface area contributed by atoms with Gasteiger partial charge in [-0.15, -0.1) is 0 Å². The number of piperidine rings is 1. The van der Waals surface area contributed by atoms with Gasteiger partial charge in [-0.25, -0.2) is 14.4 Å². The summed E-state index contributed by atoms with van der Waals surface area (Å²) < 4.78 is 19.1. The molecule has 1 aliphatic rings. The fraction of sp³-hybridized carbons (Fsp3) is 0.320. The number of benzene rings is 2. The van der Waals surface area contributed by atoms with Crippen molar-refractivity contribution in [2.75, 3.05) is 19.4 Å². The zero-order valence-corrected chi connectivity index (χ0v) is 18.1. The van der Waals surface area contributed by atoms with Gasteiger partial charge in [0, 0.05) is 24.7 Å². The molecule has 2 N–H and O–H groups in total. The number of methoxy groups -OCH3 is 1. The molecule has 1 amide bonds. The molecule has 6 nitrogen and oxygen atoms in total. The Morgan fingerprint density at radius 2 is 2.03 bits per heavy atom. The number of ether oxygens (including phenoxy) is 1. The Labute approximate surface area is 187 Å². The molecule has 0 bridgehead atoms. The minimum atomic E-state index is -0.332. The lowest BCUT2D eigenvalue weighted by atomic mass is 9.93. The number of carbonyl (C=O) groups excluding carboxylic acids is 1. The Hall–Kier alpha value is -3.48. The molecular formula is C25H27FN4O2. The van der Waals surface area contributed by atoms with Crippen molar-refractivity contribution < 1.29 is 13.9 Å². The zero-order valence-electron chi connectivity index (χ0n) is 18.1. The van der Waals surface area contributed by atoms with Crippen LogP contribution in [0.2, 0.25) is 0 Å². The molecule has 0 unspecified atom stereocenters. The Balaban J connectivity index is 1.58. The maximum atomic E-state index is 13.9. The van der Waals surface area contributed by atoms with E-state index in [4.69, 9.17) is 10.5 Å². The summed E-state index contributed by atoms with van der Waals surface area (Å²) in [7, 11) is 1.63. The number of nitrogens with two attached hydrogens (primary N) is 1. The third-order valence-electron chi connectivity index (χ3n) is 5.90. The summed E-state index contributed by atoms with van der Waals surface area (Å²) in [5, 5.41) is 0. The van der Waals surface area contributed by atoms with Gasteiger partial charge >= 0.3 is 0 Å². The Kier molecular flexibility index (Phi) is 6.63. The molecule has 0 spiro atoms. The van der Waals surface area contributed by atoms with Crippen molar-refractivity contribution in [2.24, 2.45) is 0 Å². The fourth-order valence-electron chi connectivity index (χ4n) is 4.24. The van der Waals surface area contributed by atoms with E-state index in [9.17, 15) is 9.18 Å². The van der Waals surface area contributed by atoms with Crippen molar-refractivity contribution in [2.45, 2.75) is 38.1 Å². The smallest absolute Gasteiger partial charge is 0.223 e. The summed E-state index contributed by atoms with van der Waals surface area (Å²) in [6.45, 7) is 0.665. The first-order valence-corrected chi connectivity index (χ1v) is 10.9. The fourth-order valence-corrected chi connectivity index (χ4v) is 4.24. The average molecular weight is 435 g/mol. The van der Waals surface area contributed by atoms with Gasteiger partial charge in [0.05, 0.1) is 18.8 Å². The largest absolute Gasteiger partial charge is 0.497 e. The topological polar surface area (TPSA) is 81.3 Å². The molecule has 3 aromatic rings. The summed E-state index contributed by atoms with van der Waals surface area (Å²) >= 11 is 0. The molecule has 32 heavy (non-hydrogen) atoms. The maximum Gasteiger partial charge on any atom is 0.223 e. The van der Waals surface area contributed by atoms with Crippen molar-refractivity contribution in [3.63, 3.8) is 0 Å². The summed E-state index contributed by atoms with van der Waals surface area (Å²) in [5.41, 5.74) is 9.06. The molecule has 0 radical (unpaired) electrons. The van der Waals surface area contributed by atoms with Crippen LogP contribution < -0.4 is 10.5 Å². The van der Waals surface area contributed by atoms with E-state index in [1.807, 2.05) is 35.2 Å². The molecule has 4 rings (SSSR count). The van der Waals surface area contributed by atoms with Crippen LogP contribution in [0, 0.1) is 5.82 Å². The lowest BCUT2D eigenvalue weighted by molar-refractivity contribution is -0.135. The standard InChI is InChI=1S/C25H27FN4O2/c1-32-20-11-8-17(9-12-20)10-13-23(31)30-14-3-2-7-22(30)24-21(16-28-25(27)29-24)18-5-4-6-19(26)15-18/h4-6,8-9,11-12,15-16,22H,2-3,7,10,13-14H2,1H3,(H2,27,28,29)/t22-/m0/s1. The van der Waals surface area contributed by atoms with E-state index in [1.165, 1.54) is 12.1 Å². The Morgan fingerprint density at radius 1 is 1.22 bits per heavy atom. The summed E-state index contributed by atoms with van der Waals surface area (Å²) in [6.07, 6.45) is 5.39. The van der Waals surface area contributed by atoms with E-state index >= 15 is 0 Å². The Bertz CT molecular complexity index is 1090. The lowest BCUT2D eigenvalue weighted by Gasteiger charge is -2.36. The maximum absolute atomic E-state index is 13.9. The minimum Gasteiger partial charge on any atom is -0.497 e. The molecule has 0 saturated carbocycles. The number of nitrogens with zero attached hydrogens (tertiary/aromatic N) is 3. The quantitative estimate of drug-likeness (QED) is 0.615. The minimum absolute atomic E-state index is 0.0768. The number of amides is 1. The summed E-state index contributed by atoms with van der Waals surface area (Å²) in [5.74, 6) is 0.688. The van der Waals surface area contributed by atoms with Crippen LogP contribution in [0.3, 0.4) is 0 Å². The van der Waals surface area contributed by atoms with E-state index in [2.05, 4.69) is 9.97 Å². The van der Waals surface area contributed by atoms with E-state index in [1.54, 1.807) is 19.4 Å². The first kappa shape index (κ1) is 21.7. The van der Waals surface area contributed by atoms with Gasteiger partial charge in [0.25, 0.3) is 0 Å². The first-order valence-electron chi connectivity index (χ1n) is 10.9. The van der Waals surface area contributed by atoms with Crippen LogP contribution in [-0.2, 0) is 11.2 Å². The molecule has 7 heteroatoms. The molecule has 2 aromatic carbocycles. The van der Waals surface area contributed by atoms with Crippen LogP contribution in [-0.4, -0.2) is 34.4 Å². The van der Waals surface area contributed by atoms with Gasteiger partial charge in [0.15, 0.2) is 0 Å². The van der Waals surface area contributed by atoms with Crippen LogP contribution in [0.15, 0.2) is 54.7 Å². The highest BCUT2D eigenvalue weighted by atomic mass is 19.1. The van der Waals surface area contributed by atoms with Gasteiger partial charge in [0.2, 0.25) is 11.9 Å². The van der Waals surface area contributed by atoms with Crippen LogP contribution >= 0.6 is 0 Å².